The van der Waals surface area contributed by atoms with Crippen LogP contribution in [0.3, 0.4) is 0 Å². The number of methoxy groups -OCH3 is 2. The molecule has 9 nitrogen and oxygen atoms in total. The first kappa shape index (κ1) is 27.0. The van der Waals surface area contributed by atoms with Crippen LogP contribution in [-0.4, -0.2) is 46.1 Å². The Morgan fingerprint density at radius 2 is 1.62 bits per heavy atom. The number of halogens is 1. The molecule has 0 aliphatic heterocycles. The van der Waals surface area contributed by atoms with Gasteiger partial charge >= 0.3 is 5.69 Å². The molecule has 0 aliphatic rings. The van der Waals surface area contributed by atoms with Gasteiger partial charge in [-0.2, -0.15) is 0 Å². The Morgan fingerprint density at radius 3 is 2.30 bits per heavy atom. The summed E-state index contributed by atoms with van der Waals surface area (Å²) < 4.78 is 12.6. The average Bonchev–Trinajstić information content (AvgIpc) is 3.26. The number of aryl methyl sites for hydroxylation is 1. The zero-order valence-electron chi connectivity index (χ0n) is 22.1. The number of aromatic amines is 2. The summed E-state index contributed by atoms with van der Waals surface area (Å²) in [6, 6.07) is 19.7. The molecule has 0 amide bonds. The Balaban J connectivity index is 1.62. The molecular weight excluding hydrogens is 576 g/mol. The molecule has 3 N–H and O–H groups in total. The third-order valence-electron chi connectivity index (χ3n) is 6.73. The second-order valence-electron chi connectivity index (χ2n) is 9.12. The van der Waals surface area contributed by atoms with Crippen molar-refractivity contribution in [1.29, 1.82) is 0 Å². The molecule has 2 heterocycles. The summed E-state index contributed by atoms with van der Waals surface area (Å²) >= 11 is 3.37. The molecule has 40 heavy (non-hydrogen) atoms. The van der Waals surface area contributed by atoms with E-state index in [1.165, 1.54) is 0 Å². The fourth-order valence-electron chi connectivity index (χ4n) is 4.72. The maximum atomic E-state index is 13.2. The van der Waals surface area contributed by atoms with Crippen LogP contribution in [0.5, 0.6) is 17.4 Å². The molecule has 0 bridgehead atoms. The number of nitrogens with one attached hydrogen (secondary N) is 2. The lowest BCUT2D eigenvalue weighted by molar-refractivity contribution is 0.415. The molecule has 204 valence electrons. The molecule has 0 saturated heterocycles. The Hall–Kier alpha value is -4.57. The highest BCUT2D eigenvalue weighted by molar-refractivity contribution is 9.10. The summed E-state index contributed by atoms with van der Waals surface area (Å²) in [5.41, 5.74) is 2.69. The van der Waals surface area contributed by atoms with Crippen LogP contribution in [0, 0.1) is 6.92 Å². The number of aromatic nitrogens is 3. The highest BCUT2D eigenvalue weighted by atomic mass is 79.9. The van der Waals surface area contributed by atoms with Crippen molar-refractivity contribution in [1.82, 2.24) is 14.5 Å². The van der Waals surface area contributed by atoms with E-state index in [-0.39, 0.29) is 11.3 Å². The van der Waals surface area contributed by atoms with Gasteiger partial charge in [-0.1, -0.05) is 15.9 Å². The summed E-state index contributed by atoms with van der Waals surface area (Å²) in [5, 5.41) is 12.4. The number of aliphatic imine (C=N–C) groups is 1. The minimum absolute atomic E-state index is 0.106. The molecule has 0 saturated carbocycles. The molecule has 0 unspecified atom stereocenters. The van der Waals surface area contributed by atoms with E-state index in [1.807, 2.05) is 25.1 Å². The largest absolute Gasteiger partial charge is 0.497 e. The summed E-state index contributed by atoms with van der Waals surface area (Å²) in [6.07, 6.45) is 0.559. The van der Waals surface area contributed by atoms with Gasteiger partial charge in [0.15, 0.2) is 0 Å². The SMILES string of the molecule is COc1ccc(C(=NCCc2c(C)[nH]c3ccc(OC)cc23)c2c(O)n(-c3ccc(Br)cc3)c(=O)[nH]c2=O)cc1. The molecule has 5 rings (SSSR count). The number of rotatable bonds is 8. The van der Waals surface area contributed by atoms with Crippen LogP contribution in [0.25, 0.3) is 16.6 Å². The van der Waals surface area contributed by atoms with E-state index >= 15 is 0 Å². The first-order valence-electron chi connectivity index (χ1n) is 12.5. The third-order valence-corrected chi connectivity index (χ3v) is 7.26. The normalized spacial score (nSPS) is 11.7. The fourth-order valence-corrected chi connectivity index (χ4v) is 4.99. The highest BCUT2D eigenvalue weighted by Crippen LogP contribution is 2.27. The molecule has 0 radical (unpaired) electrons. The van der Waals surface area contributed by atoms with E-state index in [9.17, 15) is 14.7 Å². The summed E-state index contributed by atoms with van der Waals surface area (Å²) in [7, 11) is 3.19. The van der Waals surface area contributed by atoms with Crippen LogP contribution in [0.15, 0.2) is 85.8 Å². The van der Waals surface area contributed by atoms with E-state index < -0.39 is 17.1 Å². The average molecular weight is 603 g/mol. The van der Waals surface area contributed by atoms with Gasteiger partial charge in [0, 0.05) is 33.2 Å². The lowest BCUT2D eigenvalue weighted by Crippen LogP contribution is -2.33. The van der Waals surface area contributed by atoms with E-state index in [4.69, 9.17) is 14.5 Å². The van der Waals surface area contributed by atoms with Gasteiger partial charge in [0.1, 0.15) is 17.1 Å². The molecule has 0 fully saturated rings. The summed E-state index contributed by atoms with van der Waals surface area (Å²) in [4.78, 5) is 36.5. The van der Waals surface area contributed by atoms with Gasteiger partial charge in [-0.05, 0) is 85.6 Å². The Morgan fingerprint density at radius 1 is 0.950 bits per heavy atom. The van der Waals surface area contributed by atoms with Crippen LogP contribution in [-0.2, 0) is 6.42 Å². The number of ether oxygens (including phenoxy) is 2. The number of aromatic hydroxyl groups is 1. The molecule has 10 heteroatoms. The zero-order valence-corrected chi connectivity index (χ0v) is 23.7. The Bertz CT molecular complexity index is 1830. The lowest BCUT2D eigenvalue weighted by atomic mass is 10.0. The van der Waals surface area contributed by atoms with Gasteiger partial charge in [-0.3, -0.25) is 14.8 Å². The predicted octanol–water partition coefficient (Wildman–Crippen LogP) is 4.88. The van der Waals surface area contributed by atoms with Crippen molar-refractivity contribution in [2.45, 2.75) is 13.3 Å². The quantitative estimate of drug-likeness (QED) is 0.218. The topological polar surface area (TPSA) is 122 Å². The zero-order chi connectivity index (χ0) is 28.4. The Kier molecular flexibility index (Phi) is 7.61. The standard InChI is InChI=1S/C30H27BrN4O5/c1-17-23(24-16-22(40-3)12-13-25(24)33-17)14-15-32-27(18-4-10-21(39-2)11-5-18)26-28(36)34-30(38)35(29(26)37)20-8-6-19(31)7-9-20/h4-13,16,33,37H,14-15H2,1-3H3,(H,34,36,38). The number of H-pyrrole nitrogens is 2. The summed E-state index contributed by atoms with van der Waals surface area (Å²) in [5.74, 6) is 0.880. The van der Waals surface area contributed by atoms with Crippen LogP contribution in [0.4, 0.5) is 0 Å². The molecule has 0 spiro atoms. The van der Waals surface area contributed by atoms with E-state index in [0.717, 1.165) is 36.9 Å². The second-order valence-corrected chi connectivity index (χ2v) is 10.0. The van der Waals surface area contributed by atoms with E-state index in [0.29, 0.717) is 30.0 Å². The van der Waals surface area contributed by atoms with Crippen LogP contribution in [0.1, 0.15) is 22.4 Å². The molecule has 5 aromatic rings. The van der Waals surface area contributed by atoms with Crippen LogP contribution in [0.2, 0.25) is 0 Å². The first-order valence-corrected chi connectivity index (χ1v) is 13.3. The first-order chi connectivity index (χ1) is 19.3. The van der Waals surface area contributed by atoms with Crippen molar-refractivity contribution in [2.24, 2.45) is 4.99 Å². The maximum Gasteiger partial charge on any atom is 0.335 e. The number of hydrogen-bond donors (Lipinski definition) is 3. The molecule has 2 aromatic heterocycles. The van der Waals surface area contributed by atoms with Gasteiger partial charge < -0.3 is 19.6 Å². The van der Waals surface area contributed by atoms with Crippen LogP contribution < -0.4 is 20.7 Å². The van der Waals surface area contributed by atoms with Crippen molar-refractivity contribution in [3.05, 3.63) is 114 Å². The van der Waals surface area contributed by atoms with Gasteiger partial charge in [0.05, 0.1) is 25.6 Å². The van der Waals surface area contributed by atoms with Gasteiger partial charge in [-0.25, -0.2) is 9.36 Å². The minimum Gasteiger partial charge on any atom is -0.497 e. The van der Waals surface area contributed by atoms with Crippen molar-refractivity contribution in [3.8, 4) is 23.1 Å². The smallest absolute Gasteiger partial charge is 0.335 e. The monoisotopic (exact) mass is 602 g/mol. The van der Waals surface area contributed by atoms with Gasteiger partial charge in [0.25, 0.3) is 5.56 Å². The van der Waals surface area contributed by atoms with Gasteiger partial charge in [-0.15, -0.1) is 0 Å². The number of hydrogen-bond acceptors (Lipinski definition) is 6. The number of nitrogens with zero attached hydrogens (tertiary/aromatic N) is 2. The molecule has 3 aromatic carbocycles. The predicted molar refractivity (Wildman–Crippen MR) is 159 cm³/mol. The van der Waals surface area contributed by atoms with Crippen molar-refractivity contribution >= 4 is 32.5 Å². The van der Waals surface area contributed by atoms with Crippen molar-refractivity contribution in [2.75, 3.05) is 20.8 Å². The Labute approximate surface area is 237 Å². The molecular formula is C30H27BrN4O5. The molecule has 0 atom stereocenters. The molecule has 0 aliphatic carbocycles. The second kappa shape index (κ2) is 11.3. The van der Waals surface area contributed by atoms with Crippen molar-refractivity contribution < 1.29 is 14.6 Å². The summed E-state index contributed by atoms with van der Waals surface area (Å²) in [6.45, 7) is 2.31. The lowest BCUT2D eigenvalue weighted by Gasteiger charge is -2.14. The van der Waals surface area contributed by atoms with Crippen LogP contribution >= 0.6 is 15.9 Å². The minimum atomic E-state index is -0.758. The number of fused-ring (bicyclic) bond motifs is 1. The highest BCUT2D eigenvalue weighted by Gasteiger charge is 2.22. The maximum absolute atomic E-state index is 13.2. The third kappa shape index (κ3) is 5.17. The fraction of sp³-hybridized carbons (Fsp3) is 0.167. The van der Waals surface area contributed by atoms with E-state index in [1.54, 1.807) is 62.8 Å². The van der Waals surface area contributed by atoms with Crippen molar-refractivity contribution in [3.63, 3.8) is 0 Å². The van der Waals surface area contributed by atoms with Gasteiger partial charge in [0.2, 0.25) is 5.88 Å². The number of benzene rings is 3. The van der Waals surface area contributed by atoms with E-state index in [2.05, 4.69) is 25.9 Å².